The van der Waals surface area contributed by atoms with Crippen LogP contribution in [0.25, 0.3) is 0 Å². The Morgan fingerprint density at radius 2 is 2.15 bits per heavy atom. The van der Waals surface area contributed by atoms with Crippen LogP contribution < -0.4 is 4.72 Å². The molecule has 20 heavy (non-hydrogen) atoms. The van der Waals surface area contributed by atoms with E-state index in [1.807, 2.05) is 24.3 Å². The summed E-state index contributed by atoms with van der Waals surface area (Å²) in [7, 11) is -3.73. The molecule has 0 fully saturated rings. The van der Waals surface area contributed by atoms with Gasteiger partial charge in [-0.3, -0.25) is 0 Å². The van der Waals surface area contributed by atoms with E-state index in [9.17, 15) is 13.5 Å². The molecular formula is C13H15N3O3S. The lowest BCUT2D eigenvalue weighted by molar-refractivity contribution is 0.151. The zero-order valence-corrected chi connectivity index (χ0v) is 11.7. The SMILES string of the molecule is Cc1ncc(S(=O)(=O)N[C@H]2c3ccccc3C[C@H]2O)[nH]1. The second-order valence-corrected chi connectivity index (χ2v) is 6.58. The first-order valence-corrected chi connectivity index (χ1v) is 7.75. The molecule has 2 atom stereocenters. The van der Waals surface area contributed by atoms with Crippen LogP contribution in [-0.2, 0) is 16.4 Å². The van der Waals surface area contributed by atoms with Crippen molar-refractivity contribution in [2.75, 3.05) is 0 Å². The number of benzene rings is 1. The molecule has 0 saturated carbocycles. The summed E-state index contributed by atoms with van der Waals surface area (Å²) in [5, 5.41) is 10.1. The molecule has 1 aliphatic rings. The maximum Gasteiger partial charge on any atom is 0.258 e. The van der Waals surface area contributed by atoms with E-state index in [1.165, 1.54) is 6.20 Å². The van der Waals surface area contributed by atoms with Crippen molar-refractivity contribution in [2.24, 2.45) is 0 Å². The summed E-state index contributed by atoms with van der Waals surface area (Å²) in [4.78, 5) is 6.57. The first-order valence-electron chi connectivity index (χ1n) is 6.27. The molecule has 3 N–H and O–H groups in total. The Kier molecular flexibility index (Phi) is 3.12. The van der Waals surface area contributed by atoms with Gasteiger partial charge in [0.15, 0.2) is 5.03 Å². The third kappa shape index (κ3) is 2.24. The van der Waals surface area contributed by atoms with Crippen molar-refractivity contribution >= 4 is 10.0 Å². The fraction of sp³-hybridized carbons (Fsp3) is 0.308. The molecule has 0 radical (unpaired) electrons. The average molecular weight is 293 g/mol. The Balaban J connectivity index is 1.92. The molecule has 106 valence electrons. The number of nitrogens with one attached hydrogen (secondary N) is 2. The molecule has 0 amide bonds. The standard InChI is InChI=1S/C13H15N3O3S/c1-8-14-7-12(15-8)20(18,19)16-13-10-5-3-2-4-9(10)6-11(13)17/h2-5,7,11,13,16-17H,6H2,1H3,(H,14,15)/t11-,13+/m1/s1. The number of H-pyrrole nitrogens is 1. The largest absolute Gasteiger partial charge is 0.391 e. The Hall–Kier alpha value is -1.70. The molecule has 0 saturated heterocycles. The second kappa shape index (κ2) is 4.69. The van der Waals surface area contributed by atoms with E-state index < -0.39 is 22.2 Å². The van der Waals surface area contributed by atoms with Gasteiger partial charge in [-0.2, -0.15) is 4.72 Å². The summed E-state index contributed by atoms with van der Waals surface area (Å²) in [6, 6.07) is 6.81. The smallest absolute Gasteiger partial charge is 0.258 e. The number of rotatable bonds is 3. The molecule has 1 aromatic carbocycles. The van der Waals surface area contributed by atoms with Gasteiger partial charge in [0.1, 0.15) is 5.82 Å². The maximum atomic E-state index is 12.3. The maximum absolute atomic E-state index is 12.3. The van der Waals surface area contributed by atoms with Crippen LogP contribution in [0.3, 0.4) is 0 Å². The van der Waals surface area contributed by atoms with Crippen LogP contribution in [0.15, 0.2) is 35.5 Å². The van der Waals surface area contributed by atoms with E-state index in [0.717, 1.165) is 11.1 Å². The van der Waals surface area contributed by atoms with Crippen LogP contribution >= 0.6 is 0 Å². The highest BCUT2D eigenvalue weighted by Gasteiger charge is 2.34. The van der Waals surface area contributed by atoms with Gasteiger partial charge < -0.3 is 10.1 Å². The number of aromatic nitrogens is 2. The zero-order valence-electron chi connectivity index (χ0n) is 10.9. The highest BCUT2D eigenvalue weighted by atomic mass is 32.2. The third-order valence-corrected chi connectivity index (χ3v) is 4.81. The molecule has 0 aliphatic heterocycles. The molecule has 1 aromatic heterocycles. The number of nitrogens with zero attached hydrogens (tertiary/aromatic N) is 1. The van der Waals surface area contributed by atoms with Crippen LogP contribution in [0.4, 0.5) is 0 Å². The van der Waals surface area contributed by atoms with E-state index in [-0.39, 0.29) is 5.03 Å². The summed E-state index contributed by atoms with van der Waals surface area (Å²) in [6.07, 6.45) is 0.960. The van der Waals surface area contributed by atoms with Gasteiger partial charge in [-0.25, -0.2) is 13.4 Å². The van der Waals surface area contributed by atoms with Crippen molar-refractivity contribution in [3.63, 3.8) is 0 Å². The summed E-state index contributed by atoms with van der Waals surface area (Å²) in [5.41, 5.74) is 1.79. The molecular weight excluding hydrogens is 278 g/mol. The number of aromatic amines is 1. The molecule has 3 rings (SSSR count). The molecule has 0 spiro atoms. The van der Waals surface area contributed by atoms with Crippen molar-refractivity contribution in [2.45, 2.75) is 30.5 Å². The van der Waals surface area contributed by atoms with E-state index in [0.29, 0.717) is 12.2 Å². The molecule has 0 unspecified atom stereocenters. The van der Waals surface area contributed by atoms with Gasteiger partial charge in [0.2, 0.25) is 0 Å². The minimum Gasteiger partial charge on any atom is -0.391 e. The first-order chi connectivity index (χ1) is 9.47. The van der Waals surface area contributed by atoms with E-state index in [4.69, 9.17) is 0 Å². The van der Waals surface area contributed by atoms with Crippen molar-refractivity contribution in [1.82, 2.24) is 14.7 Å². The van der Waals surface area contributed by atoms with Gasteiger partial charge in [0.05, 0.1) is 18.3 Å². The predicted octanol–water partition coefficient (Wildman–Crippen LogP) is 0.655. The monoisotopic (exact) mass is 293 g/mol. The molecule has 7 heteroatoms. The quantitative estimate of drug-likeness (QED) is 0.774. The van der Waals surface area contributed by atoms with Gasteiger partial charge in [0.25, 0.3) is 10.0 Å². The average Bonchev–Trinajstić information content (AvgIpc) is 2.95. The number of fused-ring (bicyclic) bond motifs is 1. The number of aliphatic hydroxyl groups excluding tert-OH is 1. The molecule has 6 nitrogen and oxygen atoms in total. The van der Waals surface area contributed by atoms with Gasteiger partial charge >= 0.3 is 0 Å². The topological polar surface area (TPSA) is 95.1 Å². The highest BCUT2D eigenvalue weighted by Crippen LogP contribution is 2.32. The van der Waals surface area contributed by atoms with Crippen molar-refractivity contribution in [3.8, 4) is 0 Å². The molecule has 2 aromatic rings. The summed E-state index contributed by atoms with van der Waals surface area (Å²) in [6.45, 7) is 1.68. The van der Waals surface area contributed by atoms with Gasteiger partial charge in [-0.1, -0.05) is 24.3 Å². The van der Waals surface area contributed by atoms with Crippen molar-refractivity contribution in [3.05, 3.63) is 47.4 Å². The summed E-state index contributed by atoms with van der Waals surface area (Å²) in [5.74, 6) is 0.526. The molecule has 1 heterocycles. The number of aryl methyl sites for hydroxylation is 1. The number of sulfonamides is 1. The number of imidazole rings is 1. The number of hydrogen-bond donors (Lipinski definition) is 3. The lowest BCUT2D eigenvalue weighted by atomic mass is 10.1. The molecule has 1 aliphatic carbocycles. The van der Waals surface area contributed by atoms with E-state index in [1.54, 1.807) is 6.92 Å². The lowest BCUT2D eigenvalue weighted by Crippen LogP contribution is -2.34. The van der Waals surface area contributed by atoms with Crippen molar-refractivity contribution in [1.29, 1.82) is 0 Å². The fourth-order valence-corrected chi connectivity index (χ4v) is 3.70. The zero-order chi connectivity index (χ0) is 14.3. The Labute approximate surface area is 116 Å². The van der Waals surface area contributed by atoms with Crippen LogP contribution in [0.2, 0.25) is 0 Å². The Bertz CT molecular complexity index is 739. The van der Waals surface area contributed by atoms with Gasteiger partial charge in [-0.15, -0.1) is 0 Å². The number of aliphatic hydroxyl groups is 1. The summed E-state index contributed by atoms with van der Waals surface area (Å²) < 4.78 is 27.1. The van der Waals surface area contributed by atoms with Gasteiger partial charge in [-0.05, 0) is 18.1 Å². The van der Waals surface area contributed by atoms with Crippen LogP contribution in [-0.4, -0.2) is 29.6 Å². The Morgan fingerprint density at radius 1 is 1.40 bits per heavy atom. The van der Waals surface area contributed by atoms with Crippen LogP contribution in [0.1, 0.15) is 23.0 Å². The Morgan fingerprint density at radius 3 is 2.85 bits per heavy atom. The normalized spacial score (nSPS) is 21.9. The fourth-order valence-electron chi connectivity index (χ4n) is 2.48. The predicted molar refractivity (Wildman–Crippen MR) is 72.5 cm³/mol. The number of hydrogen-bond acceptors (Lipinski definition) is 4. The van der Waals surface area contributed by atoms with Crippen molar-refractivity contribution < 1.29 is 13.5 Å². The minimum absolute atomic E-state index is 0.00609. The van der Waals surface area contributed by atoms with E-state index >= 15 is 0 Å². The molecule has 0 bridgehead atoms. The highest BCUT2D eigenvalue weighted by molar-refractivity contribution is 7.89. The van der Waals surface area contributed by atoms with Crippen LogP contribution in [0, 0.1) is 6.92 Å². The van der Waals surface area contributed by atoms with E-state index in [2.05, 4.69) is 14.7 Å². The third-order valence-electron chi connectivity index (χ3n) is 3.46. The second-order valence-electron chi connectivity index (χ2n) is 4.90. The summed E-state index contributed by atoms with van der Waals surface area (Å²) >= 11 is 0. The van der Waals surface area contributed by atoms with Crippen LogP contribution in [0.5, 0.6) is 0 Å². The van der Waals surface area contributed by atoms with Gasteiger partial charge in [0, 0.05) is 6.42 Å². The lowest BCUT2D eigenvalue weighted by Gasteiger charge is -2.17. The first kappa shape index (κ1) is 13.3. The minimum atomic E-state index is -3.73.